The van der Waals surface area contributed by atoms with Crippen molar-refractivity contribution < 1.29 is 14.9 Å². The molecule has 1 unspecified atom stereocenters. The Labute approximate surface area is 96.7 Å². The lowest BCUT2D eigenvalue weighted by atomic mass is 10.0. The summed E-state index contributed by atoms with van der Waals surface area (Å²) in [5.41, 5.74) is 1.29. The number of aliphatic hydroxyl groups excluding tert-OH is 2. The minimum Gasteiger partial charge on any atom is -0.394 e. The predicted octanol–water partition coefficient (Wildman–Crippen LogP) is 1.38. The normalized spacial score (nSPS) is 14.7. The van der Waals surface area contributed by atoms with Crippen molar-refractivity contribution in [1.82, 2.24) is 0 Å². The van der Waals surface area contributed by atoms with Crippen molar-refractivity contribution in [3.63, 3.8) is 0 Å². The fraction of sp³-hybridized carbons (Fsp3) is 0.538. The second-order valence-electron chi connectivity index (χ2n) is 3.90. The van der Waals surface area contributed by atoms with Crippen molar-refractivity contribution in [3.05, 3.63) is 35.9 Å². The van der Waals surface area contributed by atoms with Gasteiger partial charge in [-0.25, -0.2) is 0 Å². The highest BCUT2D eigenvalue weighted by Gasteiger charge is 2.16. The molecule has 0 amide bonds. The fourth-order valence-corrected chi connectivity index (χ4v) is 1.74. The van der Waals surface area contributed by atoms with Crippen molar-refractivity contribution in [2.24, 2.45) is 0 Å². The summed E-state index contributed by atoms with van der Waals surface area (Å²) in [6, 6.07) is 10.2. The third kappa shape index (κ3) is 4.31. The molecule has 0 heterocycles. The number of benzene rings is 1. The van der Waals surface area contributed by atoms with Gasteiger partial charge in [-0.2, -0.15) is 0 Å². The van der Waals surface area contributed by atoms with Gasteiger partial charge in [0.15, 0.2) is 0 Å². The average molecular weight is 224 g/mol. The van der Waals surface area contributed by atoms with Crippen LogP contribution < -0.4 is 0 Å². The highest BCUT2D eigenvalue weighted by molar-refractivity contribution is 5.14. The topological polar surface area (TPSA) is 49.7 Å². The minimum absolute atomic E-state index is 0.246. The quantitative estimate of drug-likeness (QED) is 0.735. The van der Waals surface area contributed by atoms with Gasteiger partial charge < -0.3 is 14.9 Å². The van der Waals surface area contributed by atoms with E-state index in [0.717, 1.165) is 19.3 Å². The van der Waals surface area contributed by atoms with Crippen molar-refractivity contribution in [2.75, 3.05) is 13.7 Å². The summed E-state index contributed by atoms with van der Waals surface area (Å²) in [4.78, 5) is 0. The highest BCUT2D eigenvalue weighted by Crippen LogP contribution is 2.10. The lowest BCUT2D eigenvalue weighted by Crippen LogP contribution is -2.31. The maximum atomic E-state index is 9.44. The molecule has 0 aliphatic heterocycles. The third-order valence-electron chi connectivity index (χ3n) is 2.72. The molecule has 2 atom stereocenters. The summed E-state index contributed by atoms with van der Waals surface area (Å²) in [5, 5.41) is 18.3. The zero-order valence-corrected chi connectivity index (χ0v) is 9.67. The number of methoxy groups -OCH3 is 1. The molecule has 0 saturated heterocycles. The summed E-state index contributed by atoms with van der Waals surface area (Å²) in [6.45, 7) is -0.246. The standard InChI is InChI=1S/C13H20O3/c1-16-13(12(15)10-14)9-5-8-11-6-3-2-4-7-11/h2-4,6-7,12-15H,5,8-10H2,1H3/t12?,13-/m1/s1. The third-order valence-corrected chi connectivity index (χ3v) is 2.72. The molecule has 3 heteroatoms. The van der Waals surface area contributed by atoms with Gasteiger partial charge in [-0.3, -0.25) is 0 Å². The van der Waals surface area contributed by atoms with Gasteiger partial charge in [-0.1, -0.05) is 30.3 Å². The number of ether oxygens (including phenoxy) is 1. The maximum absolute atomic E-state index is 9.44. The molecule has 0 bridgehead atoms. The molecule has 90 valence electrons. The van der Waals surface area contributed by atoms with Crippen molar-refractivity contribution in [3.8, 4) is 0 Å². The SMILES string of the molecule is CO[C@H](CCCc1ccccc1)C(O)CO. The van der Waals surface area contributed by atoms with Crippen LogP contribution in [0, 0.1) is 0 Å². The van der Waals surface area contributed by atoms with Gasteiger partial charge in [-0.15, -0.1) is 0 Å². The Hall–Kier alpha value is -0.900. The van der Waals surface area contributed by atoms with E-state index in [9.17, 15) is 5.11 Å². The van der Waals surface area contributed by atoms with Gasteiger partial charge in [0.1, 0.15) is 6.10 Å². The first-order valence-electron chi connectivity index (χ1n) is 5.63. The Morgan fingerprint density at radius 3 is 2.50 bits per heavy atom. The number of hydrogen-bond acceptors (Lipinski definition) is 3. The van der Waals surface area contributed by atoms with Crippen molar-refractivity contribution >= 4 is 0 Å². The maximum Gasteiger partial charge on any atom is 0.103 e. The zero-order valence-electron chi connectivity index (χ0n) is 9.67. The van der Waals surface area contributed by atoms with Crippen LogP contribution >= 0.6 is 0 Å². The van der Waals surface area contributed by atoms with Crippen LogP contribution in [0.2, 0.25) is 0 Å². The Morgan fingerprint density at radius 2 is 1.94 bits per heavy atom. The van der Waals surface area contributed by atoms with E-state index in [2.05, 4.69) is 12.1 Å². The van der Waals surface area contributed by atoms with Crippen LogP contribution in [0.1, 0.15) is 18.4 Å². The number of hydrogen-bond donors (Lipinski definition) is 2. The first kappa shape index (κ1) is 13.2. The first-order valence-corrected chi connectivity index (χ1v) is 5.63. The van der Waals surface area contributed by atoms with Gasteiger partial charge in [-0.05, 0) is 24.8 Å². The van der Waals surface area contributed by atoms with Gasteiger partial charge in [0.05, 0.1) is 12.7 Å². The van der Waals surface area contributed by atoms with Crippen LogP contribution in [-0.4, -0.2) is 36.1 Å². The van der Waals surface area contributed by atoms with Gasteiger partial charge in [0.25, 0.3) is 0 Å². The lowest BCUT2D eigenvalue weighted by Gasteiger charge is -2.19. The van der Waals surface area contributed by atoms with E-state index in [4.69, 9.17) is 9.84 Å². The summed E-state index contributed by atoms with van der Waals surface area (Å²) in [5.74, 6) is 0. The number of rotatable bonds is 7. The van der Waals surface area contributed by atoms with Crippen LogP contribution in [0.15, 0.2) is 30.3 Å². The molecule has 0 radical (unpaired) electrons. The largest absolute Gasteiger partial charge is 0.394 e. The molecule has 2 N–H and O–H groups in total. The minimum atomic E-state index is -0.777. The number of aliphatic hydroxyl groups is 2. The van der Waals surface area contributed by atoms with Crippen LogP contribution in [0.4, 0.5) is 0 Å². The van der Waals surface area contributed by atoms with E-state index in [1.807, 2.05) is 18.2 Å². The molecular weight excluding hydrogens is 204 g/mol. The molecule has 16 heavy (non-hydrogen) atoms. The Kier molecular flexibility index (Phi) is 6.08. The molecule has 0 aliphatic rings. The van der Waals surface area contributed by atoms with E-state index < -0.39 is 6.10 Å². The van der Waals surface area contributed by atoms with Gasteiger partial charge in [0.2, 0.25) is 0 Å². The molecule has 0 aromatic heterocycles. The Balaban J connectivity index is 2.28. The molecule has 1 aromatic rings. The average Bonchev–Trinajstić information content (AvgIpc) is 2.35. The summed E-state index contributed by atoms with van der Waals surface area (Å²) in [7, 11) is 1.56. The van der Waals surface area contributed by atoms with Crippen LogP contribution in [0.25, 0.3) is 0 Å². The fourth-order valence-electron chi connectivity index (χ4n) is 1.74. The first-order chi connectivity index (χ1) is 7.77. The zero-order chi connectivity index (χ0) is 11.8. The van der Waals surface area contributed by atoms with Gasteiger partial charge in [0, 0.05) is 7.11 Å². The van der Waals surface area contributed by atoms with E-state index in [-0.39, 0.29) is 12.7 Å². The molecule has 0 fully saturated rings. The smallest absolute Gasteiger partial charge is 0.103 e. The molecule has 1 aromatic carbocycles. The molecule has 0 saturated carbocycles. The predicted molar refractivity (Wildman–Crippen MR) is 63.3 cm³/mol. The molecule has 1 rings (SSSR count). The second kappa shape index (κ2) is 7.39. The Bertz CT molecular complexity index is 274. The lowest BCUT2D eigenvalue weighted by molar-refractivity contribution is -0.0416. The summed E-state index contributed by atoms with van der Waals surface area (Å²) < 4.78 is 5.13. The second-order valence-corrected chi connectivity index (χ2v) is 3.90. The molecule has 0 aliphatic carbocycles. The summed E-state index contributed by atoms with van der Waals surface area (Å²) >= 11 is 0. The van der Waals surface area contributed by atoms with Gasteiger partial charge >= 0.3 is 0 Å². The summed E-state index contributed by atoms with van der Waals surface area (Å²) in [6.07, 6.45) is 1.63. The molecule has 0 spiro atoms. The molecule has 3 nitrogen and oxygen atoms in total. The van der Waals surface area contributed by atoms with E-state index >= 15 is 0 Å². The highest BCUT2D eigenvalue weighted by atomic mass is 16.5. The number of aryl methyl sites for hydroxylation is 1. The van der Waals surface area contributed by atoms with E-state index in [1.165, 1.54) is 5.56 Å². The van der Waals surface area contributed by atoms with Crippen LogP contribution in [-0.2, 0) is 11.2 Å². The van der Waals surface area contributed by atoms with Crippen molar-refractivity contribution in [1.29, 1.82) is 0 Å². The Morgan fingerprint density at radius 1 is 1.25 bits per heavy atom. The van der Waals surface area contributed by atoms with E-state index in [1.54, 1.807) is 7.11 Å². The van der Waals surface area contributed by atoms with Crippen LogP contribution in [0.5, 0.6) is 0 Å². The van der Waals surface area contributed by atoms with E-state index in [0.29, 0.717) is 0 Å². The monoisotopic (exact) mass is 224 g/mol. The molecular formula is C13H20O3. The van der Waals surface area contributed by atoms with Crippen LogP contribution in [0.3, 0.4) is 0 Å². The van der Waals surface area contributed by atoms with Crippen molar-refractivity contribution in [2.45, 2.75) is 31.5 Å².